The minimum absolute atomic E-state index is 0.305. The Kier molecular flexibility index (Phi) is 28.3. The third-order valence-electron chi connectivity index (χ3n) is 4.91. The molecular weight excluding hydrogens is 440 g/mol. The van der Waals surface area contributed by atoms with E-state index in [0.29, 0.717) is 13.2 Å². The number of aliphatic hydroxyl groups excluding tert-OH is 2. The lowest BCUT2D eigenvalue weighted by atomic mass is 10.1. The second-order valence-corrected chi connectivity index (χ2v) is 8.00. The van der Waals surface area contributed by atoms with Gasteiger partial charge >= 0.3 is 0 Å². The Bertz CT molecular complexity index is 976. The fourth-order valence-corrected chi connectivity index (χ4v) is 3.01. The lowest BCUT2D eigenvalue weighted by molar-refractivity contribution is 0.282. The first-order valence-corrected chi connectivity index (χ1v) is 13.1. The van der Waals surface area contributed by atoms with Gasteiger partial charge in [0.05, 0.1) is 0 Å². The van der Waals surface area contributed by atoms with Gasteiger partial charge in [-0.25, -0.2) is 0 Å². The van der Waals surface area contributed by atoms with Crippen LogP contribution in [0.4, 0.5) is 0 Å². The molecule has 0 aromatic rings. The Balaban J connectivity index is 3.86. The van der Waals surface area contributed by atoms with E-state index in [2.05, 4.69) is 94.7 Å². The zero-order chi connectivity index (χ0) is 26.0. The minimum Gasteiger partial charge on any atom is -0.396 e. The van der Waals surface area contributed by atoms with Crippen molar-refractivity contribution in [3.63, 3.8) is 0 Å². The van der Waals surface area contributed by atoms with Gasteiger partial charge in [0.1, 0.15) is 0 Å². The van der Waals surface area contributed by atoms with Gasteiger partial charge in [-0.2, -0.15) is 0 Å². The van der Waals surface area contributed by atoms with Gasteiger partial charge in [0.25, 0.3) is 0 Å². The van der Waals surface area contributed by atoms with E-state index in [0.717, 1.165) is 51.4 Å². The maximum absolute atomic E-state index is 8.72. The second kappa shape index (κ2) is 31.4. The molecule has 0 rings (SSSR count). The summed E-state index contributed by atoms with van der Waals surface area (Å²) < 4.78 is 0. The highest BCUT2D eigenvalue weighted by Gasteiger charge is 1.91. The molecule has 2 heteroatoms. The average molecular weight is 479 g/mol. The van der Waals surface area contributed by atoms with Crippen molar-refractivity contribution >= 4 is 0 Å². The van der Waals surface area contributed by atoms with Crippen LogP contribution in [-0.2, 0) is 0 Å². The highest BCUT2D eigenvalue weighted by Crippen LogP contribution is 2.08. The van der Waals surface area contributed by atoms with Crippen LogP contribution >= 0.6 is 0 Å². The van der Waals surface area contributed by atoms with Crippen LogP contribution < -0.4 is 0 Å². The molecule has 0 aliphatic rings. The topological polar surface area (TPSA) is 40.5 Å². The maximum atomic E-state index is 8.72. The number of hydrogen-bond acceptors (Lipinski definition) is 2. The summed E-state index contributed by atoms with van der Waals surface area (Å²) in [6, 6.07) is 0. The molecule has 2 N–H and O–H groups in total. The van der Waals surface area contributed by atoms with Crippen LogP contribution in [-0.4, -0.2) is 23.4 Å². The molecule has 0 bridgehead atoms. The molecule has 0 aliphatic carbocycles. The summed E-state index contributed by atoms with van der Waals surface area (Å²) in [4.78, 5) is 0. The summed E-state index contributed by atoms with van der Waals surface area (Å²) in [5, 5.41) is 17.4. The van der Waals surface area contributed by atoms with Crippen molar-refractivity contribution in [2.24, 2.45) is 0 Å². The van der Waals surface area contributed by atoms with E-state index < -0.39 is 0 Å². The summed E-state index contributed by atoms with van der Waals surface area (Å²) in [6.45, 7) is 0.611. The normalized spacial score (nSPS) is 7.94. The quantitative estimate of drug-likeness (QED) is 0.235. The van der Waals surface area contributed by atoms with Gasteiger partial charge in [0, 0.05) is 26.1 Å². The zero-order valence-electron chi connectivity index (χ0n) is 21.6. The predicted molar refractivity (Wildman–Crippen MR) is 150 cm³/mol. The lowest BCUT2D eigenvalue weighted by Crippen LogP contribution is -1.83. The summed E-state index contributed by atoms with van der Waals surface area (Å²) in [6.07, 6.45) is 17.7. The van der Waals surface area contributed by atoms with Crippen molar-refractivity contribution in [3.8, 4) is 94.7 Å². The molecule has 36 heavy (non-hydrogen) atoms. The first-order chi connectivity index (χ1) is 17.9. The van der Waals surface area contributed by atoms with Crippen molar-refractivity contribution in [3.05, 3.63) is 0 Å². The Morgan fingerprint density at radius 1 is 0.250 bits per heavy atom. The third kappa shape index (κ3) is 30.4. The van der Waals surface area contributed by atoms with E-state index >= 15 is 0 Å². The van der Waals surface area contributed by atoms with Crippen LogP contribution in [0, 0.1) is 94.7 Å². The molecule has 0 fully saturated rings. The van der Waals surface area contributed by atoms with Crippen LogP contribution in [0.5, 0.6) is 0 Å². The van der Waals surface area contributed by atoms with Crippen molar-refractivity contribution in [1.82, 2.24) is 0 Å². The second-order valence-electron chi connectivity index (χ2n) is 8.00. The van der Waals surface area contributed by atoms with Crippen LogP contribution in [0.1, 0.15) is 103 Å². The first-order valence-electron chi connectivity index (χ1n) is 13.1. The van der Waals surface area contributed by atoms with Gasteiger partial charge in [-0.05, 0) is 109 Å². The Hall–Kier alpha value is -3.60. The van der Waals surface area contributed by atoms with Crippen molar-refractivity contribution in [2.75, 3.05) is 13.2 Å². The molecule has 0 saturated carbocycles. The monoisotopic (exact) mass is 478 g/mol. The Morgan fingerprint density at radius 3 is 0.750 bits per heavy atom. The van der Waals surface area contributed by atoms with Gasteiger partial charge in [-0.1, -0.05) is 76.0 Å². The number of aliphatic hydroxyl groups is 2. The SMILES string of the molecule is OCCCCCCCCCC#CC#CC#CC#CC#CC#CC#CC#CCCCCCCCCCO. The first kappa shape index (κ1) is 32.4. The minimum atomic E-state index is 0.305. The summed E-state index contributed by atoms with van der Waals surface area (Å²) >= 11 is 0. The third-order valence-corrected chi connectivity index (χ3v) is 4.91. The van der Waals surface area contributed by atoms with Crippen LogP contribution in [0.25, 0.3) is 0 Å². The summed E-state index contributed by atoms with van der Waals surface area (Å²) in [5.41, 5.74) is 0. The fraction of sp³-hybridized carbons (Fsp3) is 0.529. The zero-order valence-corrected chi connectivity index (χ0v) is 21.6. The number of hydrogen-bond donors (Lipinski definition) is 2. The lowest BCUT2D eigenvalue weighted by Gasteiger charge is -1.98. The molecule has 2 nitrogen and oxygen atoms in total. The Morgan fingerprint density at radius 2 is 0.472 bits per heavy atom. The summed E-state index contributed by atoms with van der Waals surface area (Å²) in [5.74, 6) is 43.2. The van der Waals surface area contributed by atoms with E-state index in [1.54, 1.807) is 0 Å². The summed E-state index contributed by atoms with van der Waals surface area (Å²) in [7, 11) is 0. The van der Waals surface area contributed by atoms with E-state index in [1.807, 2.05) is 0 Å². The predicted octanol–water partition coefficient (Wildman–Crippen LogP) is 5.24. The highest BCUT2D eigenvalue weighted by atomic mass is 16.3. The van der Waals surface area contributed by atoms with Crippen molar-refractivity contribution < 1.29 is 10.2 Å². The molecule has 186 valence electrons. The Labute approximate surface area is 220 Å². The molecule has 0 amide bonds. The van der Waals surface area contributed by atoms with Crippen molar-refractivity contribution in [1.29, 1.82) is 0 Å². The molecular formula is C34H38O2. The maximum Gasteiger partial charge on any atom is 0.0431 e. The molecule has 0 saturated heterocycles. The molecule has 0 radical (unpaired) electrons. The molecule has 0 heterocycles. The molecule has 0 unspecified atom stereocenters. The number of unbranched alkanes of at least 4 members (excludes halogenated alkanes) is 14. The van der Waals surface area contributed by atoms with Crippen LogP contribution in [0.2, 0.25) is 0 Å². The molecule has 0 aromatic carbocycles. The largest absolute Gasteiger partial charge is 0.396 e. The van der Waals surface area contributed by atoms with Crippen LogP contribution in [0.3, 0.4) is 0 Å². The van der Waals surface area contributed by atoms with Gasteiger partial charge < -0.3 is 10.2 Å². The molecule has 0 aromatic heterocycles. The molecule has 0 spiro atoms. The number of rotatable bonds is 16. The average Bonchev–Trinajstić information content (AvgIpc) is 2.89. The van der Waals surface area contributed by atoms with Gasteiger partial charge in [0.2, 0.25) is 0 Å². The van der Waals surface area contributed by atoms with E-state index in [4.69, 9.17) is 10.2 Å². The van der Waals surface area contributed by atoms with Gasteiger partial charge in [0.15, 0.2) is 0 Å². The van der Waals surface area contributed by atoms with E-state index in [-0.39, 0.29) is 0 Å². The molecule has 0 aliphatic heterocycles. The van der Waals surface area contributed by atoms with Gasteiger partial charge in [-0.3, -0.25) is 0 Å². The fourth-order valence-electron chi connectivity index (χ4n) is 3.01. The molecule has 0 atom stereocenters. The van der Waals surface area contributed by atoms with E-state index in [1.165, 1.54) is 51.4 Å². The smallest absolute Gasteiger partial charge is 0.0431 e. The standard InChI is InChI=1S/C34H38O2/c35-33-31-29-27-25-23-21-19-17-15-13-11-9-7-5-3-1-2-4-6-8-10-12-14-16-18-20-22-24-26-28-30-32-34-36/h35-36H,17-34H2. The van der Waals surface area contributed by atoms with Crippen LogP contribution in [0.15, 0.2) is 0 Å². The van der Waals surface area contributed by atoms with E-state index in [9.17, 15) is 0 Å². The highest BCUT2D eigenvalue weighted by molar-refractivity contribution is 5.45. The van der Waals surface area contributed by atoms with Crippen molar-refractivity contribution in [2.45, 2.75) is 103 Å². The van der Waals surface area contributed by atoms with Gasteiger partial charge in [-0.15, -0.1) is 0 Å².